The molecule has 5 nitrogen and oxygen atoms in total. The second kappa shape index (κ2) is 4.76. The van der Waals surface area contributed by atoms with Crippen LogP contribution < -0.4 is 10.9 Å². The summed E-state index contributed by atoms with van der Waals surface area (Å²) in [6, 6.07) is 0. The number of aromatic nitrogens is 2. The van der Waals surface area contributed by atoms with Crippen LogP contribution in [0.2, 0.25) is 0 Å². The number of ether oxygens (including phenoxy) is 1. The lowest BCUT2D eigenvalue weighted by atomic mass is 10.1. The summed E-state index contributed by atoms with van der Waals surface area (Å²) < 4.78 is 5.69. The van der Waals surface area contributed by atoms with E-state index in [4.69, 9.17) is 4.74 Å². The van der Waals surface area contributed by atoms with E-state index in [2.05, 4.69) is 31.4 Å². The van der Waals surface area contributed by atoms with Gasteiger partial charge in [-0.25, -0.2) is 5.10 Å². The van der Waals surface area contributed by atoms with Crippen molar-refractivity contribution in [2.75, 3.05) is 19.0 Å². The Hall–Kier alpha value is -0.880. The van der Waals surface area contributed by atoms with Crippen molar-refractivity contribution >= 4 is 21.6 Å². The highest BCUT2D eigenvalue weighted by Crippen LogP contribution is 2.17. The number of hydrogen-bond acceptors (Lipinski definition) is 4. The zero-order valence-corrected chi connectivity index (χ0v) is 10.5. The molecule has 1 aromatic rings. The van der Waals surface area contributed by atoms with E-state index in [0.29, 0.717) is 16.7 Å². The molecule has 0 spiro atoms. The lowest BCUT2D eigenvalue weighted by Crippen LogP contribution is -2.32. The summed E-state index contributed by atoms with van der Waals surface area (Å²) in [4.78, 5) is 11.2. The Morgan fingerprint density at radius 2 is 2.33 bits per heavy atom. The molecule has 6 heteroatoms. The maximum Gasteiger partial charge on any atom is 0.280 e. The number of halogens is 1. The molecule has 0 aliphatic heterocycles. The van der Waals surface area contributed by atoms with Crippen molar-refractivity contribution in [2.45, 2.75) is 19.4 Å². The van der Waals surface area contributed by atoms with E-state index in [1.807, 2.05) is 13.8 Å². The highest BCUT2D eigenvalue weighted by molar-refractivity contribution is 9.10. The number of aromatic amines is 1. The Balaban J connectivity index is 2.74. The lowest BCUT2D eigenvalue weighted by Gasteiger charge is -2.23. The van der Waals surface area contributed by atoms with E-state index in [9.17, 15) is 4.79 Å². The first-order valence-corrected chi connectivity index (χ1v) is 5.28. The van der Waals surface area contributed by atoms with Gasteiger partial charge in [-0.2, -0.15) is 5.10 Å². The Labute approximate surface area is 96.4 Å². The minimum atomic E-state index is -0.290. The Bertz CT molecular complexity index is 389. The molecular weight excluding hydrogens is 262 g/mol. The van der Waals surface area contributed by atoms with E-state index in [1.165, 1.54) is 0 Å². The SMILES string of the molecule is COC(C)(C)CNc1cn[nH]c(=O)c1Br. The minimum absolute atomic E-state index is 0.254. The molecule has 0 saturated carbocycles. The predicted molar refractivity (Wildman–Crippen MR) is 62.1 cm³/mol. The van der Waals surface area contributed by atoms with Crippen molar-refractivity contribution < 1.29 is 4.74 Å². The Morgan fingerprint density at radius 3 is 2.93 bits per heavy atom. The van der Waals surface area contributed by atoms with Crippen LogP contribution in [0.4, 0.5) is 5.69 Å². The summed E-state index contributed by atoms with van der Waals surface area (Å²) >= 11 is 3.18. The van der Waals surface area contributed by atoms with Crippen molar-refractivity contribution in [1.29, 1.82) is 0 Å². The van der Waals surface area contributed by atoms with Crippen LogP contribution in [-0.2, 0) is 4.74 Å². The quantitative estimate of drug-likeness (QED) is 0.871. The molecule has 0 bridgehead atoms. The van der Waals surface area contributed by atoms with Gasteiger partial charge in [0.15, 0.2) is 0 Å². The van der Waals surface area contributed by atoms with Crippen LogP contribution in [0, 0.1) is 0 Å². The Kier molecular flexibility index (Phi) is 3.87. The molecule has 0 amide bonds. The molecule has 0 radical (unpaired) electrons. The van der Waals surface area contributed by atoms with Gasteiger partial charge in [0.25, 0.3) is 5.56 Å². The molecule has 0 atom stereocenters. The van der Waals surface area contributed by atoms with Gasteiger partial charge in [-0.05, 0) is 29.8 Å². The fourth-order valence-corrected chi connectivity index (χ4v) is 1.22. The average molecular weight is 276 g/mol. The summed E-state index contributed by atoms with van der Waals surface area (Å²) in [5.74, 6) is 0. The fourth-order valence-electron chi connectivity index (χ4n) is 0.887. The number of H-pyrrole nitrogens is 1. The molecule has 0 unspecified atom stereocenters. The van der Waals surface area contributed by atoms with Crippen LogP contribution in [0.5, 0.6) is 0 Å². The molecule has 0 fully saturated rings. The largest absolute Gasteiger partial charge is 0.380 e. The third-order valence-corrected chi connectivity index (χ3v) is 2.84. The summed E-state index contributed by atoms with van der Waals surface area (Å²) in [6.07, 6.45) is 1.55. The standard InChI is InChI=1S/C9H14BrN3O2/c1-9(2,15-3)5-11-6-4-12-13-8(14)7(6)10/h4H,5H2,1-3H3,(H2,11,13,14). The van der Waals surface area contributed by atoms with Crippen LogP contribution in [-0.4, -0.2) is 29.5 Å². The number of hydrogen-bond donors (Lipinski definition) is 2. The van der Waals surface area contributed by atoms with Gasteiger partial charge in [0.05, 0.1) is 17.5 Å². The zero-order valence-electron chi connectivity index (χ0n) is 8.93. The molecule has 0 saturated heterocycles. The van der Waals surface area contributed by atoms with E-state index in [1.54, 1.807) is 13.3 Å². The van der Waals surface area contributed by atoms with Crippen molar-refractivity contribution in [2.24, 2.45) is 0 Å². The molecule has 1 rings (SSSR count). The average Bonchev–Trinajstić information content (AvgIpc) is 2.20. The van der Waals surface area contributed by atoms with Gasteiger partial charge in [0.1, 0.15) is 4.47 Å². The van der Waals surface area contributed by atoms with Gasteiger partial charge in [0, 0.05) is 13.7 Å². The fraction of sp³-hybridized carbons (Fsp3) is 0.556. The summed E-state index contributed by atoms with van der Waals surface area (Å²) in [5.41, 5.74) is 0.112. The van der Waals surface area contributed by atoms with E-state index >= 15 is 0 Å². The minimum Gasteiger partial charge on any atom is -0.380 e. The van der Waals surface area contributed by atoms with Gasteiger partial charge in [-0.15, -0.1) is 0 Å². The van der Waals surface area contributed by atoms with Crippen molar-refractivity contribution in [3.63, 3.8) is 0 Å². The highest BCUT2D eigenvalue weighted by atomic mass is 79.9. The number of nitrogens with zero attached hydrogens (tertiary/aromatic N) is 1. The van der Waals surface area contributed by atoms with Crippen molar-refractivity contribution in [3.05, 3.63) is 21.0 Å². The van der Waals surface area contributed by atoms with Crippen molar-refractivity contribution in [3.8, 4) is 0 Å². The Morgan fingerprint density at radius 1 is 1.67 bits per heavy atom. The smallest absolute Gasteiger partial charge is 0.280 e. The second-order valence-electron chi connectivity index (χ2n) is 3.74. The molecule has 0 aliphatic rings. The molecular formula is C9H14BrN3O2. The van der Waals surface area contributed by atoms with Crippen LogP contribution in [0.15, 0.2) is 15.5 Å². The van der Waals surface area contributed by atoms with Crippen molar-refractivity contribution in [1.82, 2.24) is 10.2 Å². The maximum absolute atomic E-state index is 11.2. The van der Waals surface area contributed by atoms with E-state index in [0.717, 1.165) is 0 Å². The van der Waals surface area contributed by atoms with Gasteiger partial charge in [0.2, 0.25) is 0 Å². The van der Waals surface area contributed by atoms with E-state index in [-0.39, 0.29) is 11.2 Å². The predicted octanol–water partition coefficient (Wildman–Crippen LogP) is 1.37. The molecule has 0 aliphatic carbocycles. The molecule has 1 heterocycles. The normalized spacial score (nSPS) is 11.5. The third-order valence-electron chi connectivity index (χ3n) is 2.05. The summed E-state index contributed by atoms with van der Waals surface area (Å²) in [5, 5.41) is 9.12. The number of nitrogens with one attached hydrogen (secondary N) is 2. The first kappa shape index (κ1) is 12.2. The molecule has 15 heavy (non-hydrogen) atoms. The molecule has 84 valence electrons. The van der Waals surface area contributed by atoms with Crippen LogP contribution in [0.3, 0.4) is 0 Å². The summed E-state index contributed by atoms with van der Waals surface area (Å²) in [6.45, 7) is 4.50. The lowest BCUT2D eigenvalue weighted by molar-refractivity contribution is 0.0343. The van der Waals surface area contributed by atoms with Gasteiger partial charge in [-0.3, -0.25) is 4.79 Å². The van der Waals surface area contributed by atoms with Crippen LogP contribution >= 0.6 is 15.9 Å². The topological polar surface area (TPSA) is 67.0 Å². The molecule has 1 aromatic heterocycles. The van der Waals surface area contributed by atoms with Crippen LogP contribution in [0.25, 0.3) is 0 Å². The molecule has 2 N–H and O–H groups in total. The molecule has 0 aromatic carbocycles. The number of anilines is 1. The van der Waals surface area contributed by atoms with E-state index < -0.39 is 0 Å². The van der Waals surface area contributed by atoms with Gasteiger partial charge in [-0.1, -0.05) is 0 Å². The first-order valence-electron chi connectivity index (χ1n) is 4.48. The zero-order chi connectivity index (χ0) is 11.5. The van der Waals surface area contributed by atoms with Crippen LogP contribution in [0.1, 0.15) is 13.8 Å². The maximum atomic E-state index is 11.2. The number of rotatable bonds is 4. The first-order chi connectivity index (χ1) is 6.96. The van der Waals surface area contributed by atoms with Gasteiger partial charge >= 0.3 is 0 Å². The van der Waals surface area contributed by atoms with Gasteiger partial charge < -0.3 is 10.1 Å². The third kappa shape index (κ3) is 3.32. The monoisotopic (exact) mass is 275 g/mol. The number of methoxy groups -OCH3 is 1. The second-order valence-corrected chi connectivity index (χ2v) is 4.54. The highest BCUT2D eigenvalue weighted by Gasteiger charge is 2.16. The summed E-state index contributed by atoms with van der Waals surface area (Å²) in [7, 11) is 1.65.